The summed E-state index contributed by atoms with van der Waals surface area (Å²) in [7, 11) is 0.0132. The molecule has 0 atom stereocenters. The molecule has 3 aromatic carbocycles. The van der Waals surface area contributed by atoms with Crippen molar-refractivity contribution in [3.63, 3.8) is 0 Å². The first-order chi connectivity index (χ1) is 15.7. The van der Waals surface area contributed by atoms with Crippen LogP contribution >= 0.6 is 0 Å². The maximum atomic E-state index is 11.9. The molecule has 176 valence electrons. The van der Waals surface area contributed by atoms with Crippen LogP contribution in [0.5, 0.6) is 17.2 Å². The summed E-state index contributed by atoms with van der Waals surface area (Å²) in [5, 5.41) is 0. The summed E-state index contributed by atoms with van der Waals surface area (Å²) in [6.07, 6.45) is 0.552. The Morgan fingerprint density at radius 1 is 0.545 bits per heavy atom. The Morgan fingerprint density at radius 2 is 0.818 bits per heavy atom. The van der Waals surface area contributed by atoms with Gasteiger partial charge in [0.25, 0.3) is 0 Å². The van der Waals surface area contributed by atoms with Crippen LogP contribution in [0.25, 0.3) is 0 Å². The van der Waals surface area contributed by atoms with Crippen molar-refractivity contribution < 1.29 is 42.7 Å². The van der Waals surface area contributed by atoms with Crippen LogP contribution in [0.3, 0.4) is 0 Å². The first-order valence-corrected chi connectivity index (χ1v) is 11.5. The molecule has 0 N–H and O–H groups in total. The fourth-order valence-electron chi connectivity index (χ4n) is 3.82. The van der Waals surface area contributed by atoms with Crippen LogP contribution in [0.15, 0.2) is 72.8 Å². The van der Waals surface area contributed by atoms with Gasteiger partial charge in [-0.3, -0.25) is 0 Å². The van der Waals surface area contributed by atoms with Crippen molar-refractivity contribution in [2.24, 2.45) is 0 Å². The summed E-state index contributed by atoms with van der Waals surface area (Å²) in [6, 6.07) is 21.7. The van der Waals surface area contributed by atoms with Gasteiger partial charge in [0.2, 0.25) is 5.60 Å². The van der Waals surface area contributed by atoms with E-state index >= 15 is 0 Å². The number of rotatable bonds is 11. The molecule has 0 aliphatic rings. The van der Waals surface area contributed by atoms with E-state index in [1.807, 2.05) is 36.4 Å². The highest BCUT2D eigenvalue weighted by Crippen LogP contribution is 2.31. The van der Waals surface area contributed by atoms with Crippen molar-refractivity contribution in [2.45, 2.75) is 24.9 Å². The second kappa shape index (κ2) is 10.9. The van der Waals surface area contributed by atoms with Crippen molar-refractivity contribution in [1.29, 1.82) is 0 Å². The van der Waals surface area contributed by atoms with Gasteiger partial charge in [-0.1, -0.05) is 36.4 Å². The summed E-state index contributed by atoms with van der Waals surface area (Å²) in [5.41, 5.74) is 1.05. The predicted molar refractivity (Wildman–Crippen MR) is 114 cm³/mol. The molecule has 0 aliphatic carbocycles. The maximum absolute atomic E-state index is 11.9. The quantitative estimate of drug-likeness (QED) is 0.413. The van der Waals surface area contributed by atoms with E-state index in [2.05, 4.69) is 0 Å². The lowest BCUT2D eigenvalue weighted by Gasteiger charge is -2.30. The number of ether oxygens (including phenoxy) is 3. The first-order valence-electron chi connectivity index (χ1n) is 10.2. The molecule has 3 rings (SSSR count). The van der Waals surface area contributed by atoms with Gasteiger partial charge < -0.3 is 14.2 Å². The number of benzene rings is 3. The van der Waals surface area contributed by atoms with Crippen LogP contribution < -0.4 is 28.2 Å². The van der Waals surface area contributed by atoms with Crippen LogP contribution in [0.1, 0.15) is 16.7 Å². The lowest BCUT2D eigenvalue weighted by molar-refractivity contribution is -1.92. The van der Waals surface area contributed by atoms with Crippen LogP contribution in [0.2, 0.25) is 0 Å². The minimum Gasteiger partial charge on any atom is -0.497 e. The number of halogens is 1. The average molecular weight is 475 g/mol. The van der Waals surface area contributed by atoms with Gasteiger partial charge in [-0.2, -0.15) is 14.0 Å². The van der Waals surface area contributed by atoms with Crippen molar-refractivity contribution in [1.82, 2.24) is 0 Å². The molecule has 0 aromatic heterocycles. The minimum atomic E-state index is -4.69. The molecular formula is C25H27ClO7. The molecule has 0 heterocycles. The molecule has 0 bridgehead atoms. The van der Waals surface area contributed by atoms with Gasteiger partial charge in [-0.25, -0.2) is 0 Å². The Kier molecular flexibility index (Phi) is 8.18. The summed E-state index contributed by atoms with van der Waals surface area (Å²) in [4.78, 5) is 0. The number of hydrogen-bond acceptors (Lipinski definition) is 7. The highest BCUT2D eigenvalue weighted by molar-refractivity contribution is 5.33. The molecule has 0 saturated heterocycles. The van der Waals surface area contributed by atoms with E-state index < -0.39 is 15.8 Å². The zero-order chi connectivity index (χ0) is 23.9. The normalized spacial score (nSPS) is 11.8. The third-order valence-corrected chi connectivity index (χ3v) is 5.83. The molecule has 0 fully saturated rings. The van der Waals surface area contributed by atoms with Crippen LogP contribution in [0, 0.1) is 10.2 Å². The zero-order valence-corrected chi connectivity index (χ0v) is 19.5. The molecule has 7 nitrogen and oxygen atoms in total. The highest BCUT2D eigenvalue weighted by Gasteiger charge is 2.46. The zero-order valence-electron chi connectivity index (χ0n) is 18.8. The van der Waals surface area contributed by atoms with Gasteiger partial charge in [0.05, 0.1) is 35.9 Å². The molecule has 0 unspecified atom stereocenters. The van der Waals surface area contributed by atoms with Crippen LogP contribution in [0.4, 0.5) is 0 Å². The second-order valence-corrected chi connectivity index (χ2v) is 8.62. The van der Waals surface area contributed by atoms with E-state index in [0.717, 1.165) is 16.7 Å². The van der Waals surface area contributed by atoms with E-state index in [1.54, 1.807) is 57.7 Å². The minimum absolute atomic E-state index is 0.184. The summed E-state index contributed by atoms with van der Waals surface area (Å²) in [5.74, 6) is 2.01. The van der Waals surface area contributed by atoms with Gasteiger partial charge in [0.1, 0.15) is 17.2 Å². The van der Waals surface area contributed by atoms with Gasteiger partial charge in [-0.15, -0.1) is 0 Å². The van der Waals surface area contributed by atoms with Gasteiger partial charge in [0.15, 0.2) is 0 Å². The number of methoxy groups -OCH3 is 3. The van der Waals surface area contributed by atoms with Crippen molar-refractivity contribution in [3.8, 4) is 17.2 Å². The Morgan fingerprint density at radius 3 is 1.03 bits per heavy atom. The van der Waals surface area contributed by atoms with Crippen molar-refractivity contribution >= 4 is 0 Å². The monoisotopic (exact) mass is 474 g/mol. The Balaban J connectivity index is 2.01. The molecule has 3 aromatic rings. The van der Waals surface area contributed by atoms with E-state index in [-0.39, 0.29) is 19.3 Å². The van der Waals surface area contributed by atoms with E-state index in [9.17, 15) is 14.0 Å². The lowest BCUT2D eigenvalue weighted by atomic mass is 9.83. The SMILES string of the molecule is COc1ccc(CC(Cc2ccc(OC)cc2)(Cc2ccc(OC)cc2)O[Cl+3]([O-])([O-])[O-])cc1. The summed E-state index contributed by atoms with van der Waals surface area (Å²) >= 11 is 0. The molecule has 0 radical (unpaired) electrons. The summed E-state index contributed by atoms with van der Waals surface area (Å²) < 4.78 is 56.5. The van der Waals surface area contributed by atoms with E-state index in [1.165, 1.54) is 0 Å². The predicted octanol–water partition coefficient (Wildman–Crippen LogP) is 1.39. The standard InChI is InChI=1S/C25H27ClO7/c1-30-22-10-4-19(5-11-22)16-25(33-26(27,28)29,17-20-6-12-23(31-2)13-7-20)18-21-8-14-24(32-3)15-9-21/h4-15H,16-18H2,1-3H3. The molecule has 8 heteroatoms. The Hall–Kier alpha value is -2.81. The fourth-order valence-corrected chi connectivity index (χ4v) is 4.38. The Labute approximate surface area is 195 Å². The maximum Gasteiger partial charge on any atom is 0.235 e. The number of hydrogen-bond donors (Lipinski definition) is 0. The van der Waals surface area contributed by atoms with Gasteiger partial charge in [-0.05, 0) is 53.1 Å². The topological polar surface area (TPSA) is 106 Å². The van der Waals surface area contributed by atoms with E-state index in [0.29, 0.717) is 17.2 Å². The molecule has 0 amide bonds. The van der Waals surface area contributed by atoms with Crippen LogP contribution in [-0.4, -0.2) is 26.9 Å². The molecule has 0 aliphatic heterocycles. The van der Waals surface area contributed by atoms with Crippen molar-refractivity contribution in [3.05, 3.63) is 89.5 Å². The van der Waals surface area contributed by atoms with Crippen molar-refractivity contribution in [2.75, 3.05) is 21.3 Å². The first kappa shape index (κ1) is 24.8. The molecular weight excluding hydrogens is 448 g/mol. The Bertz CT molecular complexity index is 876. The summed E-state index contributed by atoms with van der Waals surface area (Å²) in [6.45, 7) is 0. The van der Waals surface area contributed by atoms with Gasteiger partial charge >= 0.3 is 0 Å². The van der Waals surface area contributed by atoms with Crippen LogP contribution in [-0.2, 0) is 23.6 Å². The average Bonchev–Trinajstić information content (AvgIpc) is 2.79. The lowest BCUT2D eigenvalue weighted by Crippen LogP contribution is -2.65. The highest BCUT2D eigenvalue weighted by atomic mass is 35.7. The largest absolute Gasteiger partial charge is 0.497 e. The smallest absolute Gasteiger partial charge is 0.235 e. The molecule has 0 saturated carbocycles. The fraction of sp³-hybridized carbons (Fsp3) is 0.280. The molecule has 0 spiro atoms. The molecule has 33 heavy (non-hydrogen) atoms. The van der Waals surface area contributed by atoms with E-state index in [4.69, 9.17) is 18.5 Å². The second-order valence-electron chi connectivity index (χ2n) is 7.71. The third kappa shape index (κ3) is 7.35. The van der Waals surface area contributed by atoms with Gasteiger partial charge in [0, 0.05) is 19.3 Å². The third-order valence-electron chi connectivity index (χ3n) is 5.31.